The quantitative estimate of drug-likeness (QED) is 0.875. The Morgan fingerprint density at radius 3 is 2.54 bits per heavy atom. The number of ether oxygens (including phenoxy) is 1. The van der Waals surface area contributed by atoms with Gasteiger partial charge in [0.15, 0.2) is 0 Å². The van der Waals surface area contributed by atoms with Crippen molar-refractivity contribution in [2.24, 2.45) is 11.3 Å². The third-order valence-electron chi connectivity index (χ3n) is 4.99. The largest absolute Gasteiger partial charge is 0.496 e. The van der Waals surface area contributed by atoms with Crippen LogP contribution in [0.15, 0.2) is 18.2 Å². The van der Waals surface area contributed by atoms with Gasteiger partial charge in [0, 0.05) is 11.4 Å². The summed E-state index contributed by atoms with van der Waals surface area (Å²) in [7, 11) is 1.56. The van der Waals surface area contributed by atoms with Crippen LogP contribution >= 0.6 is 11.6 Å². The van der Waals surface area contributed by atoms with Gasteiger partial charge in [-0.1, -0.05) is 31.5 Å². The molecule has 1 aromatic rings. The fraction of sp³-hybridized carbons (Fsp3) is 0.556. The second-order valence-corrected chi connectivity index (χ2v) is 7.98. The highest BCUT2D eigenvalue weighted by Gasteiger charge is 2.46. The Kier molecular flexibility index (Phi) is 4.47. The van der Waals surface area contributed by atoms with E-state index in [0.717, 1.165) is 18.4 Å². The molecule has 2 amide bonds. The fourth-order valence-corrected chi connectivity index (χ4v) is 3.99. The number of benzene rings is 1. The number of carbonyl (C=O) groups excluding carboxylic acids is 2. The first-order valence-electron chi connectivity index (χ1n) is 8.22. The number of hydrogen-bond donors (Lipinski definition) is 2. The molecule has 5 nitrogen and oxygen atoms in total. The number of hydrogen-bond acceptors (Lipinski definition) is 3. The molecule has 1 heterocycles. The van der Waals surface area contributed by atoms with Gasteiger partial charge in [-0.05, 0) is 41.9 Å². The van der Waals surface area contributed by atoms with E-state index in [4.69, 9.17) is 16.3 Å². The molecule has 2 fully saturated rings. The zero-order valence-electron chi connectivity index (χ0n) is 14.2. The number of halogens is 1. The summed E-state index contributed by atoms with van der Waals surface area (Å²) in [5.74, 6) is 0.622. The Hall–Kier alpha value is -1.75. The van der Waals surface area contributed by atoms with Crippen LogP contribution < -0.4 is 15.4 Å². The van der Waals surface area contributed by atoms with Gasteiger partial charge in [0.25, 0.3) is 0 Å². The molecule has 2 atom stereocenters. The van der Waals surface area contributed by atoms with Crippen LogP contribution in [0.25, 0.3) is 0 Å². The van der Waals surface area contributed by atoms with Gasteiger partial charge in [-0.3, -0.25) is 9.59 Å². The molecule has 1 saturated carbocycles. The molecule has 2 N–H and O–H groups in total. The van der Waals surface area contributed by atoms with Gasteiger partial charge in [0.2, 0.25) is 11.8 Å². The molecule has 0 radical (unpaired) electrons. The summed E-state index contributed by atoms with van der Waals surface area (Å²) >= 11 is 5.96. The normalized spacial score (nSPS) is 26.3. The van der Waals surface area contributed by atoms with Crippen molar-refractivity contribution < 1.29 is 14.3 Å². The Morgan fingerprint density at radius 2 is 1.92 bits per heavy atom. The fourth-order valence-electron chi connectivity index (χ4n) is 3.82. The second-order valence-electron chi connectivity index (χ2n) is 7.54. The average Bonchev–Trinajstić information content (AvgIpc) is 2.49. The van der Waals surface area contributed by atoms with Crippen molar-refractivity contribution in [3.63, 3.8) is 0 Å². The zero-order chi connectivity index (χ0) is 17.5. The maximum Gasteiger partial charge on any atom is 0.243 e. The predicted octanol–water partition coefficient (Wildman–Crippen LogP) is 2.31. The van der Waals surface area contributed by atoms with Crippen molar-refractivity contribution in [1.82, 2.24) is 10.6 Å². The van der Waals surface area contributed by atoms with Gasteiger partial charge in [-0.2, -0.15) is 0 Å². The van der Waals surface area contributed by atoms with Crippen LogP contribution in [0.2, 0.25) is 5.02 Å². The summed E-state index contributed by atoms with van der Waals surface area (Å²) in [6.45, 7) is 4.36. The highest BCUT2D eigenvalue weighted by molar-refractivity contribution is 6.30. The van der Waals surface area contributed by atoms with Gasteiger partial charge in [0.1, 0.15) is 17.8 Å². The maximum atomic E-state index is 12.4. The van der Waals surface area contributed by atoms with Crippen molar-refractivity contribution in [1.29, 1.82) is 0 Å². The van der Waals surface area contributed by atoms with Crippen LogP contribution in [0.4, 0.5) is 0 Å². The minimum Gasteiger partial charge on any atom is -0.496 e. The summed E-state index contributed by atoms with van der Waals surface area (Å²) in [6, 6.07) is 4.28. The molecule has 3 rings (SSSR count). The molecular weight excluding hydrogens is 328 g/mol. The number of rotatable bonds is 4. The van der Waals surface area contributed by atoms with E-state index in [9.17, 15) is 9.59 Å². The molecule has 2 unspecified atom stereocenters. The molecule has 0 spiro atoms. The summed E-state index contributed by atoms with van der Waals surface area (Å²) in [4.78, 5) is 24.9. The molecule has 1 aromatic carbocycles. The van der Waals surface area contributed by atoms with E-state index in [0.29, 0.717) is 17.2 Å². The Balaban J connectivity index is 1.67. The van der Waals surface area contributed by atoms with Crippen molar-refractivity contribution in [3.8, 4) is 5.75 Å². The third kappa shape index (κ3) is 3.36. The molecule has 24 heavy (non-hydrogen) atoms. The summed E-state index contributed by atoms with van der Waals surface area (Å²) in [6.07, 6.45) is 2.29. The Labute approximate surface area is 147 Å². The lowest BCUT2D eigenvalue weighted by Crippen LogP contribution is -2.66. The van der Waals surface area contributed by atoms with E-state index in [-0.39, 0.29) is 23.1 Å². The topological polar surface area (TPSA) is 67.4 Å². The lowest BCUT2D eigenvalue weighted by molar-refractivity contribution is -0.140. The molecule has 6 heteroatoms. The summed E-state index contributed by atoms with van der Waals surface area (Å²) in [5, 5.41) is 6.34. The van der Waals surface area contributed by atoms with E-state index in [1.807, 2.05) is 6.07 Å². The van der Waals surface area contributed by atoms with Crippen LogP contribution in [-0.2, 0) is 16.0 Å². The number of amides is 2. The minimum absolute atomic E-state index is 0.0898. The summed E-state index contributed by atoms with van der Waals surface area (Å²) < 4.78 is 5.31. The van der Waals surface area contributed by atoms with E-state index in [2.05, 4.69) is 24.5 Å². The average molecular weight is 351 g/mol. The Morgan fingerprint density at radius 1 is 1.21 bits per heavy atom. The van der Waals surface area contributed by atoms with E-state index in [1.54, 1.807) is 19.2 Å². The molecule has 0 aromatic heterocycles. The lowest BCUT2D eigenvalue weighted by atomic mass is 9.61. The second kappa shape index (κ2) is 6.28. The van der Waals surface area contributed by atoms with Gasteiger partial charge in [-0.15, -0.1) is 0 Å². The van der Waals surface area contributed by atoms with Crippen molar-refractivity contribution in [2.75, 3.05) is 7.11 Å². The minimum atomic E-state index is -0.586. The number of nitrogens with one attached hydrogen (secondary N) is 2. The Bertz CT molecular complexity index is 666. The first-order chi connectivity index (χ1) is 11.3. The summed E-state index contributed by atoms with van der Waals surface area (Å²) in [5.41, 5.74) is 1.11. The SMILES string of the molecule is COc1cc(Cl)ccc1CC1NC(=O)C(C2CC(C)(C)C2)NC1=O. The van der Waals surface area contributed by atoms with Crippen molar-refractivity contribution in [3.05, 3.63) is 28.8 Å². The van der Waals surface area contributed by atoms with Gasteiger partial charge in [0.05, 0.1) is 7.11 Å². The van der Waals surface area contributed by atoms with E-state index in [1.165, 1.54) is 0 Å². The van der Waals surface area contributed by atoms with Crippen molar-refractivity contribution in [2.45, 2.75) is 45.2 Å². The molecule has 1 aliphatic heterocycles. The van der Waals surface area contributed by atoms with Crippen LogP contribution in [0.3, 0.4) is 0 Å². The van der Waals surface area contributed by atoms with Gasteiger partial charge in [-0.25, -0.2) is 0 Å². The van der Waals surface area contributed by atoms with Crippen molar-refractivity contribution >= 4 is 23.4 Å². The number of piperazine rings is 1. The van der Waals surface area contributed by atoms with Crippen LogP contribution in [-0.4, -0.2) is 31.0 Å². The van der Waals surface area contributed by atoms with Gasteiger partial charge < -0.3 is 15.4 Å². The van der Waals surface area contributed by atoms with Gasteiger partial charge >= 0.3 is 0 Å². The number of carbonyl (C=O) groups is 2. The monoisotopic (exact) mass is 350 g/mol. The molecule has 2 aliphatic rings. The first kappa shape index (κ1) is 17.1. The predicted molar refractivity (Wildman–Crippen MR) is 92.1 cm³/mol. The molecule has 1 saturated heterocycles. The third-order valence-corrected chi connectivity index (χ3v) is 5.22. The van der Waals surface area contributed by atoms with E-state index >= 15 is 0 Å². The molecule has 0 bridgehead atoms. The molecule has 130 valence electrons. The van der Waals surface area contributed by atoms with Crippen LogP contribution in [0, 0.1) is 11.3 Å². The molecule has 1 aliphatic carbocycles. The smallest absolute Gasteiger partial charge is 0.243 e. The van der Waals surface area contributed by atoms with Crippen LogP contribution in [0.5, 0.6) is 5.75 Å². The maximum absolute atomic E-state index is 12.4. The highest BCUT2D eigenvalue weighted by atomic mass is 35.5. The zero-order valence-corrected chi connectivity index (χ0v) is 14.9. The number of methoxy groups -OCH3 is 1. The first-order valence-corrected chi connectivity index (χ1v) is 8.60. The lowest BCUT2D eigenvalue weighted by Gasteiger charge is -2.47. The van der Waals surface area contributed by atoms with E-state index < -0.39 is 12.1 Å². The highest BCUT2D eigenvalue weighted by Crippen LogP contribution is 2.46. The standard InChI is InChI=1S/C18H23ClN2O3/c1-18(2)8-11(9-18)15-17(23)20-13(16(22)21-15)6-10-4-5-12(19)7-14(10)24-3/h4-5,7,11,13,15H,6,8-9H2,1-3H3,(H,20,23)(H,21,22). The van der Waals surface area contributed by atoms with Crippen LogP contribution in [0.1, 0.15) is 32.3 Å². The molecular formula is C18H23ClN2O3.